The molecule has 0 radical (unpaired) electrons. The third kappa shape index (κ3) is 3.80. The topological polar surface area (TPSA) is 55.4 Å². The first-order chi connectivity index (χ1) is 13.3. The van der Waals surface area contributed by atoms with E-state index in [0.29, 0.717) is 43.2 Å². The van der Waals surface area contributed by atoms with Gasteiger partial charge in [-0.3, -0.25) is 9.20 Å². The van der Waals surface area contributed by atoms with Crippen molar-refractivity contribution in [3.8, 4) is 0 Å². The van der Waals surface area contributed by atoms with Gasteiger partial charge in [-0.2, -0.15) is 13.2 Å². The number of alkyl halides is 3. The van der Waals surface area contributed by atoms with E-state index in [2.05, 4.69) is 14.9 Å². The fourth-order valence-corrected chi connectivity index (χ4v) is 3.77. The molecule has 28 heavy (non-hydrogen) atoms. The van der Waals surface area contributed by atoms with Crippen molar-refractivity contribution in [2.24, 2.45) is 5.92 Å². The lowest BCUT2D eigenvalue weighted by atomic mass is 9.99. The summed E-state index contributed by atoms with van der Waals surface area (Å²) >= 11 is 0. The molecule has 148 valence electrons. The third-order valence-electron chi connectivity index (χ3n) is 5.01. The lowest BCUT2D eigenvalue weighted by molar-refractivity contribution is -0.141. The van der Waals surface area contributed by atoms with Gasteiger partial charge in [-0.1, -0.05) is 6.07 Å². The Bertz CT molecular complexity index is 1060. The maximum absolute atomic E-state index is 12.8. The van der Waals surface area contributed by atoms with E-state index in [0.717, 1.165) is 12.6 Å². The Morgan fingerprint density at radius 3 is 2.89 bits per heavy atom. The van der Waals surface area contributed by atoms with Crippen LogP contribution in [0.3, 0.4) is 0 Å². The van der Waals surface area contributed by atoms with Crippen LogP contribution < -0.4 is 5.56 Å². The van der Waals surface area contributed by atoms with Crippen molar-refractivity contribution in [1.82, 2.24) is 23.8 Å². The van der Waals surface area contributed by atoms with Crippen LogP contribution in [0, 0.1) is 5.92 Å². The van der Waals surface area contributed by atoms with Crippen LogP contribution in [0.2, 0.25) is 0 Å². The van der Waals surface area contributed by atoms with Crippen LogP contribution in [0.1, 0.15) is 23.6 Å². The van der Waals surface area contributed by atoms with Crippen molar-refractivity contribution >= 4 is 5.65 Å². The molecular weight excluding hydrogens is 371 g/mol. The number of aromatic nitrogens is 4. The van der Waals surface area contributed by atoms with Gasteiger partial charge in [0.2, 0.25) is 0 Å². The third-order valence-corrected chi connectivity index (χ3v) is 5.01. The number of hydrogen-bond donors (Lipinski definition) is 0. The predicted molar refractivity (Wildman–Crippen MR) is 96.8 cm³/mol. The number of halogens is 3. The number of rotatable bonds is 4. The van der Waals surface area contributed by atoms with Crippen molar-refractivity contribution < 1.29 is 13.2 Å². The summed E-state index contributed by atoms with van der Waals surface area (Å²) in [5, 5.41) is 0. The average molecular weight is 391 g/mol. The molecule has 0 spiro atoms. The molecule has 4 heterocycles. The number of imidazole rings is 1. The first-order valence-corrected chi connectivity index (χ1v) is 9.09. The molecule has 1 unspecified atom stereocenters. The molecule has 0 saturated carbocycles. The lowest BCUT2D eigenvalue weighted by Gasteiger charge is -2.28. The van der Waals surface area contributed by atoms with Crippen LogP contribution in [0.4, 0.5) is 13.2 Å². The van der Waals surface area contributed by atoms with E-state index < -0.39 is 11.9 Å². The molecule has 0 amide bonds. The highest BCUT2D eigenvalue weighted by Crippen LogP contribution is 2.30. The zero-order chi connectivity index (χ0) is 19.9. The van der Waals surface area contributed by atoms with Crippen molar-refractivity contribution in [2.45, 2.75) is 32.1 Å². The van der Waals surface area contributed by atoms with E-state index in [1.807, 2.05) is 13.1 Å². The highest BCUT2D eigenvalue weighted by molar-refractivity contribution is 5.37. The van der Waals surface area contributed by atoms with Gasteiger partial charge in [0.05, 0.1) is 5.69 Å². The van der Waals surface area contributed by atoms with Crippen LogP contribution in [0.15, 0.2) is 41.5 Å². The Labute approximate surface area is 159 Å². The minimum absolute atomic E-state index is 0.130. The van der Waals surface area contributed by atoms with Crippen molar-refractivity contribution in [3.05, 3.63) is 64.2 Å². The largest absolute Gasteiger partial charge is 0.434 e. The van der Waals surface area contributed by atoms with Gasteiger partial charge in [0.25, 0.3) is 5.56 Å². The minimum atomic E-state index is -4.41. The summed E-state index contributed by atoms with van der Waals surface area (Å²) in [7, 11) is 1.93. The quantitative estimate of drug-likeness (QED) is 0.686. The number of hydrogen-bond acceptors (Lipinski definition) is 4. The van der Waals surface area contributed by atoms with E-state index in [9.17, 15) is 18.0 Å². The van der Waals surface area contributed by atoms with Crippen LogP contribution >= 0.6 is 0 Å². The summed E-state index contributed by atoms with van der Waals surface area (Å²) in [5.74, 6) is 0.713. The Morgan fingerprint density at radius 1 is 1.29 bits per heavy atom. The van der Waals surface area contributed by atoms with Crippen LogP contribution in [-0.2, 0) is 25.7 Å². The Kier molecular flexibility index (Phi) is 4.70. The monoisotopic (exact) mass is 391 g/mol. The molecule has 9 heteroatoms. The SMILES string of the molecule is CN(Cc1cc(=O)n2ccccc2n1)CC1CCc2nc(C(F)(F)F)cn2C1. The molecule has 0 aliphatic carbocycles. The number of nitrogens with zero attached hydrogens (tertiary/aromatic N) is 5. The summed E-state index contributed by atoms with van der Waals surface area (Å²) in [4.78, 5) is 22.5. The Hall–Kier alpha value is -2.68. The molecule has 0 saturated heterocycles. The molecule has 0 aromatic carbocycles. The zero-order valence-electron chi connectivity index (χ0n) is 15.4. The fourth-order valence-electron chi connectivity index (χ4n) is 3.77. The number of pyridine rings is 1. The van der Waals surface area contributed by atoms with Crippen molar-refractivity contribution in [3.63, 3.8) is 0 Å². The maximum Gasteiger partial charge on any atom is 0.434 e. The van der Waals surface area contributed by atoms with Crippen LogP contribution in [0.25, 0.3) is 5.65 Å². The maximum atomic E-state index is 12.8. The van der Waals surface area contributed by atoms with E-state index >= 15 is 0 Å². The molecule has 3 aromatic heterocycles. The second kappa shape index (κ2) is 7.05. The molecule has 6 nitrogen and oxygen atoms in total. The van der Waals surface area contributed by atoms with Gasteiger partial charge >= 0.3 is 6.18 Å². The standard InChI is InChI=1S/C19H20F3N5O/c1-25(11-14-8-18(28)27-7-3-2-4-17(27)23-14)9-13-5-6-16-24-15(19(20,21)22)12-26(16)10-13/h2-4,7-8,12-13H,5-6,9-11H2,1H3. The Balaban J connectivity index is 1.43. The van der Waals surface area contributed by atoms with Gasteiger partial charge in [0, 0.05) is 44.5 Å². The summed E-state index contributed by atoms with van der Waals surface area (Å²) in [6.45, 7) is 1.72. The van der Waals surface area contributed by atoms with Crippen LogP contribution in [0.5, 0.6) is 0 Å². The zero-order valence-corrected chi connectivity index (χ0v) is 15.4. The van der Waals surface area contributed by atoms with Gasteiger partial charge in [-0.15, -0.1) is 0 Å². The molecule has 4 rings (SSSR count). The lowest BCUT2D eigenvalue weighted by Crippen LogP contribution is -2.32. The first kappa shape index (κ1) is 18.7. The molecule has 0 bridgehead atoms. The average Bonchev–Trinajstić information content (AvgIpc) is 3.05. The summed E-state index contributed by atoms with van der Waals surface area (Å²) in [5.41, 5.74) is 0.322. The smallest absolute Gasteiger partial charge is 0.334 e. The van der Waals surface area contributed by atoms with Gasteiger partial charge in [0.15, 0.2) is 5.69 Å². The summed E-state index contributed by atoms with van der Waals surface area (Å²) in [6.07, 6.45) is -0.311. The molecule has 0 fully saturated rings. The van der Waals surface area contributed by atoms with Gasteiger partial charge in [-0.25, -0.2) is 9.97 Å². The normalized spacial score (nSPS) is 17.2. The van der Waals surface area contributed by atoms with Crippen molar-refractivity contribution in [1.29, 1.82) is 0 Å². The van der Waals surface area contributed by atoms with E-state index in [1.165, 1.54) is 10.5 Å². The highest BCUT2D eigenvalue weighted by atomic mass is 19.4. The van der Waals surface area contributed by atoms with Gasteiger partial charge < -0.3 is 9.47 Å². The van der Waals surface area contributed by atoms with E-state index in [4.69, 9.17) is 0 Å². The Morgan fingerprint density at radius 2 is 2.11 bits per heavy atom. The van der Waals surface area contributed by atoms with Gasteiger partial charge in [-0.05, 0) is 31.5 Å². The molecule has 3 aromatic rings. The second-order valence-electron chi connectivity index (χ2n) is 7.31. The second-order valence-corrected chi connectivity index (χ2v) is 7.31. The van der Waals surface area contributed by atoms with Crippen LogP contribution in [-0.4, -0.2) is 37.4 Å². The number of aryl methyl sites for hydroxylation is 1. The summed E-state index contributed by atoms with van der Waals surface area (Å²) < 4.78 is 41.7. The number of fused-ring (bicyclic) bond motifs is 2. The summed E-state index contributed by atoms with van der Waals surface area (Å²) in [6, 6.07) is 6.91. The van der Waals surface area contributed by atoms with Crippen molar-refractivity contribution in [2.75, 3.05) is 13.6 Å². The molecule has 1 aliphatic heterocycles. The highest BCUT2D eigenvalue weighted by Gasteiger charge is 2.35. The molecular formula is C19H20F3N5O. The molecule has 0 N–H and O–H groups in total. The van der Waals surface area contributed by atoms with Gasteiger partial charge in [0.1, 0.15) is 11.5 Å². The van der Waals surface area contributed by atoms with E-state index in [1.54, 1.807) is 22.9 Å². The first-order valence-electron chi connectivity index (χ1n) is 9.09. The fraction of sp³-hybridized carbons (Fsp3) is 0.421. The van der Waals surface area contributed by atoms with E-state index in [-0.39, 0.29) is 11.5 Å². The predicted octanol–water partition coefficient (Wildman–Crippen LogP) is 2.60. The molecule has 1 atom stereocenters. The minimum Gasteiger partial charge on any atom is -0.334 e. The molecule has 1 aliphatic rings.